The van der Waals surface area contributed by atoms with Gasteiger partial charge in [0.05, 0.1) is 17.0 Å². The summed E-state index contributed by atoms with van der Waals surface area (Å²) in [5, 5.41) is 9.79. The van der Waals surface area contributed by atoms with E-state index in [-0.39, 0.29) is 11.7 Å². The van der Waals surface area contributed by atoms with E-state index in [1.807, 2.05) is 49.4 Å². The summed E-state index contributed by atoms with van der Waals surface area (Å²) in [6, 6.07) is 23.1. The number of fused-ring (bicyclic) bond motifs is 1. The molecule has 2 aliphatic rings. The molecule has 38 heavy (non-hydrogen) atoms. The summed E-state index contributed by atoms with van der Waals surface area (Å²) in [6.45, 7) is 6.82. The molecule has 3 aromatic rings. The zero-order chi connectivity index (χ0) is 26.5. The van der Waals surface area contributed by atoms with Crippen molar-refractivity contribution in [2.45, 2.75) is 19.9 Å². The third-order valence-electron chi connectivity index (χ3n) is 6.66. The molecule has 0 bridgehead atoms. The molecule has 0 unspecified atom stereocenters. The fourth-order valence-electron chi connectivity index (χ4n) is 4.83. The fraction of sp³-hybridized carbons (Fsp3) is 0.276. The molecular weight excluding hydrogens is 498 g/mol. The van der Waals surface area contributed by atoms with Crippen LogP contribution in [0.1, 0.15) is 30.0 Å². The van der Waals surface area contributed by atoms with Crippen LogP contribution in [0.2, 0.25) is 0 Å². The lowest BCUT2D eigenvalue weighted by molar-refractivity contribution is -0.110. The van der Waals surface area contributed by atoms with Gasteiger partial charge in [0.1, 0.15) is 0 Å². The lowest BCUT2D eigenvalue weighted by Gasteiger charge is -2.27. The zero-order valence-electron chi connectivity index (χ0n) is 21.5. The number of carbonyl (C=O) groups is 1. The Bertz CT molecular complexity index is 1430. The maximum atomic E-state index is 13.3. The number of sulfonamides is 1. The van der Waals surface area contributed by atoms with Gasteiger partial charge < -0.3 is 16.0 Å². The smallest absolute Gasteiger partial charge is 0.258 e. The van der Waals surface area contributed by atoms with Crippen molar-refractivity contribution in [2.24, 2.45) is 0 Å². The first-order chi connectivity index (χ1) is 18.4. The highest BCUT2D eigenvalue weighted by atomic mass is 32.2. The van der Waals surface area contributed by atoms with Crippen molar-refractivity contribution in [1.29, 1.82) is 0 Å². The molecule has 8 nitrogen and oxygen atoms in total. The fourth-order valence-corrected chi connectivity index (χ4v) is 5.95. The molecular formula is C29H33N5O3S. The van der Waals surface area contributed by atoms with Crippen LogP contribution >= 0.6 is 0 Å². The van der Waals surface area contributed by atoms with Crippen molar-refractivity contribution in [3.8, 4) is 0 Å². The molecule has 0 aliphatic carbocycles. The van der Waals surface area contributed by atoms with E-state index >= 15 is 0 Å². The average Bonchev–Trinajstić information content (AvgIpc) is 3.24. The summed E-state index contributed by atoms with van der Waals surface area (Å²) in [7, 11) is -3.46. The molecule has 3 aromatic carbocycles. The molecule has 4 N–H and O–H groups in total. The molecule has 0 radical (unpaired) electrons. The minimum atomic E-state index is -3.46. The second kappa shape index (κ2) is 11.4. The lowest BCUT2D eigenvalue weighted by atomic mass is 9.99. The quantitative estimate of drug-likeness (QED) is 0.309. The minimum absolute atomic E-state index is 0.0332. The molecule has 2 aliphatic heterocycles. The van der Waals surface area contributed by atoms with Crippen molar-refractivity contribution in [3.05, 3.63) is 89.5 Å². The topological polar surface area (TPSA) is 103 Å². The van der Waals surface area contributed by atoms with Crippen molar-refractivity contribution in [1.82, 2.24) is 10.2 Å². The predicted octanol–water partition coefficient (Wildman–Crippen LogP) is 4.18. The number of nitrogens with one attached hydrogen (secondary N) is 4. The van der Waals surface area contributed by atoms with Gasteiger partial charge in [-0.2, -0.15) is 0 Å². The minimum Gasteiger partial charge on any atom is -0.354 e. The van der Waals surface area contributed by atoms with Crippen LogP contribution in [0.4, 0.5) is 17.1 Å². The Morgan fingerprint density at radius 2 is 1.66 bits per heavy atom. The molecule has 9 heteroatoms. The number of piperazine rings is 1. The third-order valence-corrected chi connectivity index (χ3v) is 8.15. The highest BCUT2D eigenvalue weighted by molar-refractivity contribution is 7.92. The van der Waals surface area contributed by atoms with E-state index in [0.29, 0.717) is 34.6 Å². The molecule has 1 fully saturated rings. The monoisotopic (exact) mass is 531 g/mol. The number of amides is 1. The highest BCUT2D eigenvalue weighted by Crippen LogP contribution is 2.39. The molecule has 1 saturated heterocycles. The van der Waals surface area contributed by atoms with Crippen LogP contribution < -0.4 is 20.7 Å². The van der Waals surface area contributed by atoms with E-state index in [4.69, 9.17) is 0 Å². The largest absolute Gasteiger partial charge is 0.354 e. The van der Waals surface area contributed by atoms with E-state index < -0.39 is 10.0 Å². The van der Waals surface area contributed by atoms with Gasteiger partial charge in [0.25, 0.3) is 5.91 Å². The Hall–Kier alpha value is -3.66. The maximum absolute atomic E-state index is 13.3. The van der Waals surface area contributed by atoms with Gasteiger partial charge in [-0.05, 0) is 47.9 Å². The molecule has 198 valence electrons. The second-order valence-electron chi connectivity index (χ2n) is 9.60. The Labute approximate surface area is 224 Å². The van der Waals surface area contributed by atoms with Gasteiger partial charge in [0.2, 0.25) is 10.0 Å². The Balaban J connectivity index is 1.48. The highest BCUT2D eigenvalue weighted by Gasteiger charge is 2.29. The normalized spacial score (nSPS) is 17.0. The van der Waals surface area contributed by atoms with Crippen LogP contribution in [0.5, 0.6) is 0 Å². The Morgan fingerprint density at radius 3 is 2.37 bits per heavy atom. The number of benzene rings is 3. The lowest BCUT2D eigenvalue weighted by Crippen LogP contribution is -2.42. The number of hydrogen-bond donors (Lipinski definition) is 4. The molecule has 5 rings (SSSR count). The summed E-state index contributed by atoms with van der Waals surface area (Å²) in [6.07, 6.45) is 0.515. The number of rotatable bonds is 9. The van der Waals surface area contributed by atoms with Crippen LogP contribution in [-0.2, 0) is 21.4 Å². The van der Waals surface area contributed by atoms with Crippen LogP contribution in [0, 0.1) is 0 Å². The zero-order valence-corrected chi connectivity index (χ0v) is 22.3. The summed E-state index contributed by atoms with van der Waals surface area (Å²) >= 11 is 0. The summed E-state index contributed by atoms with van der Waals surface area (Å²) in [5.41, 5.74) is 5.79. The molecule has 0 spiro atoms. The van der Waals surface area contributed by atoms with Crippen molar-refractivity contribution in [3.63, 3.8) is 0 Å². The van der Waals surface area contributed by atoms with Gasteiger partial charge in [0.15, 0.2) is 0 Å². The molecule has 0 atom stereocenters. The molecule has 0 saturated carbocycles. The van der Waals surface area contributed by atoms with Crippen LogP contribution in [0.15, 0.2) is 72.8 Å². The SMILES string of the molecule is CCCS(=O)(=O)Nc1ccc2c(c1)/C(=C(/Nc1ccc(CN3CCNCC3)cc1)c1ccccc1)C(=O)N2. The van der Waals surface area contributed by atoms with E-state index in [1.165, 1.54) is 5.56 Å². The molecule has 0 aromatic heterocycles. The number of anilines is 3. The van der Waals surface area contributed by atoms with Gasteiger partial charge >= 0.3 is 0 Å². The summed E-state index contributed by atoms with van der Waals surface area (Å²) in [4.78, 5) is 15.7. The number of carbonyl (C=O) groups excluding carboxylic acids is 1. The van der Waals surface area contributed by atoms with Crippen molar-refractivity contribution < 1.29 is 13.2 Å². The van der Waals surface area contributed by atoms with Gasteiger partial charge in [-0.3, -0.25) is 14.4 Å². The first-order valence-corrected chi connectivity index (χ1v) is 14.6. The second-order valence-corrected chi connectivity index (χ2v) is 11.4. The summed E-state index contributed by atoms with van der Waals surface area (Å²) in [5.74, 6) is -0.207. The van der Waals surface area contributed by atoms with E-state index in [0.717, 1.165) is 44.0 Å². The van der Waals surface area contributed by atoms with E-state index in [9.17, 15) is 13.2 Å². The first-order valence-electron chi connectivity index (χ1n) is 13.0. The van der Waals surface area contributed by atoms with Gasteiger partial charge in [0, 0.05) is 55.3 Å². The van der Waals surface area contributed by atoms with Gasteiger partial charge in [-0.25, -0.2) is 8.42 Å². The molecule has 1 amide bonds. The Morgan fingerprint density at radius 1 is 0.947 bits per heavy atom. The first kappa shape index (κ1) is 26.0. The van der Waals surface area contributed by atoms with Gasteiger partial charge in [-0.15, -0.1) is 0 Å². The predicted molar refractivity (Wildman–Crippen MR) is 154 cm³/mol. The molecule has 2 heterocycles. The standard InChI is InChI=1S/C29H33N5O3S/c1-2-18-38(36,37)33-24-12-13-26-25(19-24)27(29(35)32-26)28(22-6-4-3-5-7-22)31-23-10-8-21(9-11-23)20-34-16-14-30-15-17-34/h3-13,19,30-31,33H,2,14-18,20H2,1H3,(H,32,35)/b28-27-. The van der Waals surface area contributed by atoms with Crippen LogP contribution in [0.25, 0.3) is 11.3 Å². The number of nitrogens with zero attached hydrogens (tertiary/aromatic N) is 1. The Kier molecular flexibility index (Phi) is 7.78. The van der Waals surface area contributed by atoms with E-state index in [2.05, 4.69) is 37.7 Å². The maximum Gasteiger partial charge on any atom is 0.258 e. The average molecular weight is 532 g/mol. The van der Waals surface area contributed by atoms with Crippen molar-refractivity contribution >= 4 is 44.3 Å². The van der Waals surface area contributed by atoms with Gasteiger partial charge in [-0.1, -0.05) is 49.4 Å². The van der Waals surface area contributed by atoms with Crippen LogP contribution in [-0.4, -0.2) is 51.2 Å². The summed E-state index contributed by atoms with van der Waals surface area (Å²) < 4.78 is 27.4. The van der Waals surface area contributed by atoms with Crippen LogP contribution in [0.3, 0.4) is 0 Å². The van der Waals surface area contributed by atoms with E-state index in [1.54, 1.807) is 18.2 Å². The van der Waals surface area contributed by atoms with Crippen molar-refractivity contribution in [2.75, 3.05) is 47.3 Å². The number of hydrogen-bond acceptors (Lipinski definition) is 6. The third kappa shape index (κ3) is 6.07.